The highest BCUT2D eigenvalue weighted by Crippen LogP contribution is 2.49. The number of thioether (sulfide) groups is 1. The van der Waals surface area contributed by atoms with Crippen molar-refractivity contribution in [2.75, 3.05) is 36.1 Å². The van der Waals surface area contributed by atoms with E-state index >= 15 is 0 Å². The number of unbranched alkanes of at least 4 members (excludes halogenated alkanes) is 2. The van der Waals surface area contributed by atoms with Crippen molar-refractivity contribution in [3.8, 4) is 11.1 Å². The van der Waals surface area contributed by atoms with Crippen LogP contribution in [0.1, 0.15) is 76.4 Å². The monoisotopic (exact) mass is 825 g/mol. The molecule has 2 saturated heterocycles. The van der Waals surface area contributed by atoms with E-state index in [0.717, 1.165) is 63.9 Å². The van der Waals surface area contributed by atoms with Crippen molar-refractivity contribution in [3.05, 3.63) is 107 Å². The molecule has 0 saturated carbocycles. The van der Waals surface area contributed by atoms with Gasteiger partial charge in [0.25, 0.3) is 11.8 Å². The number of piperidine rings is 1. The van der Waals surface area contributed by atoms with E-state index < -0.39 is 51.6 Å². The summed E-state index contributed by atoms with van der Waals surface area (Å²) in [6, 6.07) is 21.5. The summed E-state index contributed by atoms with van der Waals surface area (Å²) in [4.78, 5) is 52.1. The van der Waals surface area contributed by atoms with E-state index in [1.165, 1.54) is 17.8 Å². The first kappa shape index (κ1) is 39.7. The lowest BCUT2D eigenvalue weighted by Crippen LogP contribution is -2.54. The third-order valence-electron chi connectivity index (χ3n) is 11.5. The maximum absolute atomic E-state index is 14.6. The van der Waals surface area contributed by atoms with E-state index in [-0.39, 0.29) is 47.4 Å². The van der Waals surface area contributed by atoms with E-state index in [9.17, 15) is 37.1 Å². The molecule has 4 N–H and O–H groups in total. The highest BCUT2D eigenvalue weighted by molar-refractivity contribution is 7.99. The van der Waals surface area contributed by atoms with Crippen molar-refractivity contribution in [1.29, 1.82) is 0 Å². The number of rotatable bonds is 13. The molecule has 4 atom stereocenters. The number of aliphatic hydroxyl groups is 1. The molecule has 0 aliphatic carbocycles. The molecule has 8 rings (SSSR count). The second-order valence-corrected chi connectivity index (χ2v) is 18.3. The van der Waals surface area contributed by atoms with Gasteiger partial charge in [-0.05, 0) is 104 Å². The zero-order valence-corrected chi connectivity index (χ0v) is 33.5. The molecule has 4 aromatic carbocycles. The molecular weight excluding hydrogens is 782 g/mol. The number of aryl methyl sites for hydroxylation is 1. The largest absolute Gasteiger partial charge is 0.394 e. The Morgan fingerprint density at radius 2 is 1.71 bits per heavy atom. The minimum Gasteiger partial charge on any atom is -0.394 e. The molecule has 4 amide bonds. The van der Waals surface area contributed by atoms with Crippen molar-refractivity contribution in [2.24, 2.45) is 5.92 Å². The summed E-state index contributed by atoms with van der Waals surface area (Å²) in [6.07, 6.45) is 3.14. The molecule has 0 bridgehead atoms. The van der Waals surface area contributed by atoms with Crippen LogP contribution in [0.5, 0.6) is 0 Å². The van der Waals surface area contributed by atoms with Gasteiger partial charge in [-0.1, -0.05) is 42.3 Å². The SMILES string of the molecule is Cc1ccc(S(=O)(=O)N2CC[C@@H]3[C@H](CO)Nc4ccc(-c5cccc(NCCCCCSc6cc(F)cc7c6C(=O)N(C6CCC(=O)NC6=O)C7=O)c5)cc4[C@@H]32)cc1. The number of amides is 4. The standard InChI is InChI=1S/C43H44FN5O7S2/c1-25-8-11-30(12-9-25)58(55,56)48-18-16-31-35(24-50)46-34-13-10-27(21-32(34)40(31)48)26-6-5-7-29(20-26)45-17-3-2-4-19-57-37-23-28(44)22-33-39(37)43(54)49(42(33)53)36-14-15-38(51)47-41(36)52/h5-13,20-23,31,35-36,40,45-46,50H,2-4,14-19,24H2,1H3,(H,47,51,52)/t31-,35+,36?,40-/m1/s1. The number of imide groups is 2. The smallest absolute Gasteiger partial charge is 0.263 e. The Bertz CT molecular complexity index is 2410. The van der Waals surface area contributed by atoms with E-state index in [2.05, 4.69) is 28.1 Å². The molecule has 4 aliphatic rings. The normalized spacial score (nSPS) is 21.7. The molecule has 2 fully saturated rings. The molecule has 302 valence electrons. The Hall–Kier alpha value is -5.09. The second-order valence-electron chi connectivity index (χ2n) is 15.3. The number of hydrogen-bond donors (Lipinski definition) is 4. The van der Waals surface area contributed by atoms with Crippen LogP contribution in [0.15, 0.2) is 88.7 Å². The van der Waals surface area contributed by atoms with E-state index in [1.807, 2.05) is 49.4 Å². The molecule has 0 aromatic heterocycles. The molecular formula is C43H44FN5O7S2. The van der Waals surface area contributed by atoms with Crippen molar-refractivity contribution < 1.29 is 37.1 Å². The molecule has 0 spiro atoms. The summed E-state index contributed by atoms with van der Waals surface area (Å²) in [7, 11) is -3.79. The molecule has 58 heavy (non-hydrogen) atoms. The summed E-state index contributed by atoms with van der Waals surface area (Å²) >= 11 is 1.30. The van der Waals surface area contributed by atoms with Gasteiger partial charge in [0.2, 0.25) is 21.8 Å². The fraction of sp³-hybridized carbons (Fsp3) is 0.349. The lowest BCUT2D eigenvalue weighted by Gasteiger charge is -2.39. The van der Waals surface area contributed by atoms with Crippen LogP contribution >= 0.6 is 11.8 Å². The molecule has 4 aliphatic heterocycles. The fourth-order valence-electron chi connectivity index (χ4n) is 8.58. The van der Waals surface area contributed by atoms with Crippen LogP contribution in [0.4, 0.5) is 15.8 Å². The molecule has 0 radical (unpaired) electrons. The number of sulfonamides is 1. The van der Waals surface area contributed by atoms with E-state index in [4.69, 9.17) is 0 Å². The second kappa shape index (κ2) is 16.3. The fourth-order valence-corrected chi connectivity index (χ4v) is 11.4. The summed E-state index contributed by atoms with van der Waals surface area (Å²) in [5, 5.41) is 19.4. The van der Waals surface area contributed by atoms with Gasteiger partial charge >= 0.3 is 0 Å². The first-order valence-electron chi connectivity index (χ1n) is 19.6. The first-order chi connectivity index (χ1) is 27.9. The summed E-state index contributed by atoms with van der Waals surface area (Å²) < 4.78 is 44.2. The van der Waals surface area contributed by atoms with Gasteiger partial charge in [0, 0.05) is 41.7 Å². The van der Waals surface area contributed by atoms with Crippen LogP contribution in [0, 0.1) is 18.7 Å². The summed E-state index contributed by atoms with van der Waals surface area (Å²) in [6.45, 7) is 2.89. The maximum atomic E-state index is 14.6. The number of aliphatic hydroxyl groups excluding tert-OH is 1. The Balaban J connectivity index is 0.884. The van der Waals surface area contributed by atoms with Crippen molar-refractivity contribution in [1.82, 2.24) is 14.5 Å². The Morgan fingerprint density at radius 3 is 2.48 bits per heavy atom. The lowest BCUT2D eigenvalue weighted by molar-refractivity contribution is -0.136. The van der Waals surface area contributed by atoms with Crippen LogP contribution in [0.25, 0.3) is 11.1 Å². The van der Waals surface area contributed by atoms with Gasteiger partial charge in [-0.3, -0.25) is 29.4 Å². The Kier molecular flexibility index (Phi) is 11.1. The van der Waals surface area contributed by atoms with Gasteiger partial charge in [-0.25, -0.2) is 12.8 Å². The predicted molar refractivity (Wildman–Crippen MR) is 218 cm³/mol. The van der Waals surface area contributed by atoms with Gasteiger partial charge in [0.05, 0.1) is 34.7 Å². The number of carbonyl (C=O) groups excluding carboxylic acids is 4. The van der Waals surface area contributed by atoms with Gasteiger partial charge in [0.1, 0.15) is 11.9 Å². The lowest BCUT2D eigenvalue weighted by atomic mass is 9.82. The quantitative estimate of drug-likeness (QED) is 0.0702. The van der Waals surface area contributed by atoms with Gasteiger partial charge in [-0.15, -0.1) is 11.8 Å². The average Bonchev–Trinajstić information content (AvgIpc) is 3.77. The predicted octanol–water partition coefficient (Wildman–Crippen LogP) is 6.12. The molecule has 1 unspecified atom stereocenters. The van der Waals surface area contributed by atoms with Crippen LogP contribution in [-0.2, 0) is 19.6 Å². The first-order valence-corrected chi connectivity index (χ1v) is 22.0. The Morgan fingerprint density at radius 1 is 0.914 bits per heavy atom. The average molecular weight is 826 g/mol. The topological polar surface area (TPSA) is 165 Å². The van der Waals surface area contributed by atoms with Crippen LogP contribution in [-0.4, -0.2) is 83.9 Å². The zero-order chi connectivity index (χ0) is 40.7. The summed E-state index contributed by atoms with van der Waals surface area (Å²) in [5.74, 6) is -2.70. The number of nitrogens with one attached hydrogen (secondary N) is 3. The number of fused-ring (bicyclic) bond motifs is 4. The van der Waals surface area contributed by atoms with E-state index in [0.29, 0.717) is 30.2 Å². The highest BCUT2D eigenvalue weighted by Gasteiger charge is 2.49. The zero-order valence-electron chi connectivity index (χ0n) is 31.9. The molecule has 15 heteroatoms. The third-order valence-corrected chi connectivity index (χ3v) is 14.5. The third kappa shape index (κ3) is 7.51. The van der Waals surface area contributed by atoms with Gasteiger partial charge in [-0.2, -0.15) is 4.31 Å². The number of nitrogens with zero attached hydrogens (tertiary/aromatic N) is 2. The summed E-state index contributed by atoms with van der Waals surface area (Å²) in [5.41, 5.74) is 5.58. The molecule has 4 heterocycles. The van der Waals surface area contributed by atoms with E-state index in [1.54, 1.807) is 16.4 Å². The molecule has 12 nitrogen and oxygen atoms in total. The highest BCUT2D eigenvalue weighted by atomic mass is 32.2. The van der Waals surface area contributed by atoms with Gasteiger partial charge in [0.15, 0.2) is 0 Å². The van der Waals surface area contributed by atoms with Gasteiger partial charge < -0.3 is 15.7 Å². The van der Waals surface area contributed by atoms with Crippen molar-refractivity contribution in [3.63, 3.8) is 0 Å². The minimum atomic E-state index is -3.79. The Labute approximate surface area is 340 Å². The van der Waals surface area contributed by atoms with Crippen LogP contribution in [0.3, 0.4) is 0 Å². The number of halogens is 1. The van der Waals surface area contributed by atoms with Crippen LogP contribution in [0.2, 0.25) is 0 Å². The minimum absolute atomic E-state index is 0.00492. The van der Waals surface area contributed by atoms with Crippen LogP contribution < -0.4 is 16.0 Å². The number of hydrogen-bond acceptors (Lipinski definition) is 10. The number of benzene rings is 4. The number of carbonyl (C=O) groups is 4. The van der Waals surface area contributed by atoms with Crippen molar-refractivity contribution >= 4 is 56.8 Å². The van der Waals surface area contributed by atoms with Crippen molar-refractivity contribution in [2.45, 2.75) is 73.4 Å². The number of anilines is 2. The maximum Gasteiger partial charge on any atom is 0.263 e. The molecule has 4 aromatic rings.